The zero-order chi connectivity index (χ0) is 21.1. The maximum Gasteiger partial charge on any atom is 0.261 e. The third-order valence-corrected chi connectivity index (χ3v) is 5.33. The van der Waals surface area contributed by atoms with E-state index in [2.05, 4.69) is 0 Å². The van der Waals surface area contributed by atoms with Crippen molar-refractivity contribution in [2.75, 3.05) is 33.5 Å². The van der Waals surface area contributed by atoms with Gasteiger partial charge in [0.15, 0.2) is 18.1 Å². The summed E-state index contributed by atoms with van der Waals surface area (Å²) < 4.78 is 22.0. The largest absolute Gasteiger partial charge is 0.497 e. The molecule has 0 aromatic heterocycles. The number of methoxy groups -OCH3 is 1. The number of ether oxygens (including phenoxy) is 4. The first-order valence-corrected chi connectivity index (χ1v) is 9.86. The van der Waals surface area contributed by atoms with Crippen LogP contribution in [0.2, 0.25) is 0 Å². The molecule has 158 valence electrons. The summed E-state index contributed by atoms with van der Waals surface area (Å²) in [6.45, 7) is 1.51. The first kappa shape index (κ1) is 19.9. The van der Waals surface area contributed by atoms with Crippen molar-refractivity contribution in [3.05, 3.63) is 47.5 Å². The second kappa shape index (κ2) is 8.52. The van der Waals surface area contributed by atoms with Crippen LogP contribution in [-0.2, 0) is 4.79 Å². The molecule has 2 N–H and O–H groups in total. The molecular weight excluding hydrogens is 388 g/mol. The van der Waals surface area contributed by atoms with E-state index in [4.69, 9.17) is 24.7 Å². The minimum atomic E-state index is -0.647. The Bertz CT molecular complexity index is 961. The minimum Gasteiger partial charge on any atom is -0.497 e. The number of nitrogens with zero attached hydrogens (tertiary/aromatic N) is 1. The lowest BCUT2D eigenvalue weighted by atomic mass is 10.0. The fraction of sp³-hybridized carbons (Fsp3) is 0.364. The summed E-state index contributed by atoms with van der Waals surface area (Å²) in [4.78, 5) is 26.4. The van der Waals surface area contributed by atoms with Gasteiger partial charge in [-0.1, -0.05) is 6.07 Å². The molecule has 0 radical (unpaired) electrons. The van der Waals surface area contributed by atoms with E-state index < -0.39 is 5.91 Å². The van der Waals surface area contributed by atoms with Gasteiger partial charge in [-0.3, -0.25) is 9.59 Å². The maximum atomic E-state index is 12.9. The van der Waals surface area contributed by atoms with Gasteiger partial charge in [0.1, 0.15) is 24.7 Å². The van der Waals surface area contributed by atoms with Crippen molar-refractivity contribution >= 4 is 11.8 Å². The van der Waals surface area contributed by atoms with Crippen molar-refractivity contribution in [3.8, 4) is 23.0 Å². The summed E-state index contributed by atoms with van der Waals surface area (Å²) in [6.07, 6.45) is 1.76. The molecule has 0 bridgehead atoms. The smallest absolute Gasteiger partial charge is 0.261 e. The fourth-order valence-electron chi connectivity index (χ4n) is 3.86. The number of benzene rings is 2. The van der Waals surface area contributed by atoms with E-state index in [0.717, 1.165) is 24.2 Å². The standard InChI is InChI=1S/C22H24N2O6/c1-27-15-5-7-18(16(12-15)22(23)26)30-13-21(25)24-8-2-3-17(24)14-4-6-19-20(11-14)29-10-9-28-19/h4-7,11-12,17H,2-3,8-10,13H2,1H3,(H2,23,26). The Morgan fingerprint density at radius 3 is 2.70 bits per heavy atom. The van der Waals surface area contributed by atoms with Gasteiger partial charge in [-0.15, -0.1) is 0 Å². The van der Waals surface area contributed by atoms with Crippen LogP contribution < -0.4 is 24.7 Å². The van der Waals surface area contributed by atoms with Gasteiger partial charge >= 0.3 is 0 Å². The Kier molecular flexibility index (Phi) is 5.65. The number of nitrogens with two attached hydrogens (primary N) is 1. The molecule has 2 amide bonds. The summed E-state index contributed by atoms with van der Waals surface area (Å²) in [5.74, 6) is 1.37. The fourth-order valence-corrected chi connectivity index (χ4v) is 3.86. The topological polar surface area (TPSA) is 100 Å². The van der Waals surface area contributed by atoms with Crippen molar-refractivity contribution in [2.24, 2.45) is 5.73 Å². The second-order valence-electron chi connectivity index (χ2n) is 7.16. The average Bonchev–Trinajstić information content (AvgIpc) is 3.27. The summed E-state index contributed by atoms with van der Waals surface area (Å²) >= 11 is 0. The molecule has 0 saturated carbocycles. The van der Waals surface area contributed by atoms with Crippen LogP contribution in [-0.4, -0.2) is 50.2 Å². The van der Waals surface area contributed by atoms with E-state index in [0.29, 0.717) is 31.3 Å². The van der Waals surface area contributed by atoms with Crippen LogP contribution in [0.3, 0.4) is 0 Å². The number of likely N-dealkylation sites (tertiary alicyclic amines) is 1. The van der Waals surface area contributed by atoms with E-state index in [-0.39, 0.29) is 29.9 Å². The third kappa shape index (κ3) is 3.98. The molecule has 8 heteroatoms. The van der Waals surface area contributed by atoms with Crippen LogP contribution in [0.1, 0.15) is 34.8 Å². The number of hydrogen-bond acceptors (Lipinski definition) is 6. The molecule has 0 spiro atoms. The van der Waals surface area contributed by atoms with E-state index in [1.165, 1.54) is 13.2 Å². The average molecular weight is 412 g/mol. The van der Waals surface area contributed by atoms with E-state index in [9.17, 15) is 9.59 Å². The van der Waals surface area contributed by atoms with Crippen molar-refractivity contribution in [2.45, 2.75) is 18.9 Å². The molecule has 1 unspecified atom stereocenters. The van der Waals surface area contributed by atoms with Gasteiger partial charge in [-0.25, -0.2) is 0 Å². The summed E-state index contributed by atoms with van der Waals surface area (Å²) in [5, 5.41) is 0. The van der Waals surface area contributed by atoms with E-state index in [1.54, 1.807) is 17.0 Å². The molecule has 2 heterocycles. The molecule has 1 saturated heterocycles. The third-order valence-electron chi connectivity index (χ3n) is 5.33. The number of carbonyl (C=O) groups excluding carboxylic acids is 2. The molecule has 8 nitrogen and oxygen atoms in total. The maximum absolute atomic E-state index is 12.9. The molecule has 30 heavy (non-hydrogen) atoms. The lowest BCUT2D eigenvalue weighted by molar-refractivity contribution is -0.134. The first-order valence-electron chi connectivity index (χ1n) is 9.86. The molecule has 1 fully saturated rings. The monoisotopic (exact) mass is 412 g/mol. The normalized spacial score (nSPS) is 17.5. The molecular formula is C22H24N2O6. The van der Waals surface area contributed by atoms with Gasteiger partial charge in [0.25, 0.3) is 11.8 Å². The van der Waals surface area contributed by atoms with Crippen molar-refractivity contribution in [1.29, 1.82) is 0 Å². The van der Waals surface area contributed by atoms with Crippen LogP contribution in [0.25, 0.3) is 0 Å². The highest BCUT2D eigenvalue weighted by molar-refractivity contribution is 5.96. The van der Waals surface area contributed by atoms with Crippen LogP contribution in [0.5, 0.6) is 23.0 Å². The minimum absolute atomic E-state index is 0.0524. The molecule has 2 aromatic rings. The summed E-state index contributed by atoms with van der Waals surface area (Å²) in [7, 11) is 1.50. The highest BCUT2D eigenvalue weighted by Gasteiger charge is 2.31. The second-order valence-corrected chi connectivity index (χ2v) is 7.16. The molecule has 2 aliphatic rings. The van der Waals surface area contributed by atoms with Crippen LogP contribution >= 0.6 is 0 Å². The highest BCUT2D eigenvalue weighted by atomic mass is 16.6. The van der Waals surface area contributed by atoms with Crippen molar-refractivity contribution in [1.82, 2.24) is 4.90 Å². The lowest BCUT2D eigenvalue weighted by Crippen LogP contribution is -2.34. The van der Waals surface area contributed by atoms with Gasteiger partial charge in [0.05, 0.1) is 18.7 Å². The van der Waals surface area contributed by atoms with E-state index >= 15 is 0 Å². The number of primary amides is 1. The Hall–Kier alpha value is -3.42. The highest BCUT2D eigenvalue weighted by Crippen LogP contribution is 2.38. The summed E-state index contributed by atoms with van der Waals surface area (Å²) in [5.41, 5.74) is 6.61. The zero-order valence-corrected chi connectivity index (χ0v) is 16.8. The Morgan fingerprint density at radius 1 is 1.13 bits per heavy atom. The van der Waals surface area contributed by atoms with Gasteiger partial charge < -0.3 is 29.6 Å². The van der Waals surface area contributed by atoms with Crippen molar-refractivity contribution < 1.29 is 28.5 Å². The number of rotatable bonds is 6. The number of hydrogen-bond donors (Lipinski definition) is 1. The quantitative estimate of drug-likeness (QED) is 0.782. The first-order chi connectivity index (χ1) is 14.6. The van der Waals surface area contributed by atoms with E-state index in [1.807, 2.05) is 18.2 Å². The molecule has 4 rings (SSSR count). The number of carbonyl (C=O) groups is 2. The Labute approximate surface area is 174 Å². The molecule has 1 atom stereocenters. The molecule has 0 aliphatic carbocycles. The Balaban J connectivity index is 1.46. The number of amides is 2. The van der Waals surface area contributed by atoms with Gasteiger partial charge in [0.2, 0.25) is 0 Å². The SMILES string of the molecule is COc1ccc(OCC(=O)N2CCCC2c2ccc3c(c2)OCCO3)c(C(N)=O)c1. The number of fused-ring (bicyclic) bond motifs is 1. The Morgan fingerprint density at radius 2 is 1.93 bits per heavy atom. The molecule has 2 aliphatic heterocycles. The predicted molar refractivity (Wildman–Crippen MR) is 108 cm³/mol. The van der Waals surface area contributed by atoms with Gasteiger partial charge in [-0.2, -0.15) is 0 Å². The molecule has 2 aromatic carbocycles. The van der Waals surface area contributed by atoms with Crippen LogP contribution in [0.4, 0.5) is 0 Å². The van der Waals surface area contributed by atoms with Crippen LogP contribution in [0.15, 0.2) is 36.4 Å². The van der Waals surface area contributed by atoms with Crippen LogP contribution in [0, 0.1) is 0 Å². The summed E-state index contributed by atoms with van der Waals surface area (Å²) in [6, 6.07) is 10.5. The van der Waals surface area contributed by atoms with Gasteiger partial charge in [0, 0.05) is 6.54 Å². The van der Waals surface area contributed by atoms with Gasteiger partial charge in [-0.05, 0) is 48.7 Å². The lowest BCUT2D eigenvalue weighted by Gasteiger charge is -2.27. The predicted octanol–water partition coefficient (Wildman–Crippen LogP) is 2.31. The van der Waals surface area contributed by atoms with Crippen molar-refractivity contribution in [3.63, 3.8) is 0 Å². The zero-order valence-electron chi connectivity index (χ0n) is 16.8.